The van der Waals surface area contributed by atoms with Crippen LogP contribution in [0.1, 0.15) is 27.0 Å². The van der Waals surface area contributed by atoms with Crippen LogP contribution >= 0.6 is 11.8 Å². The van der Waals surface area contributed by atoms with Gasteiger partial charge in [-0.3, -0.25) is 9.78 Å². The number of pyridine rings is 1. The van der Waals surface area contributed by atoms with E-state index in [1.54, 1.807) is 18.0 Å². The zero-order chi connectivity index (χ0) is 23.5. The van der Waals surface area contributed by atoms with Crippen molar-refractivity contribution in [1.29, 1.82) is 0 Å². The molecular weight excluding hydrogens is 442 g/mol. The molecule has 2 aromatic carbocycles. The fraction of sp³-hybridized carbons (Fsp3) is 0.296. The van der Waals surface area contributed by atoms with Crippen LogP contribution in [0.3, 0.4) is 0 Å². The van der Waals surface area contributed by atoms with Crippen molar-refractivity contribution in [3.05, 3.63) is 89.2 Å². The molecule has 0 N–H and O–H groups in total. The summed E-state index contributed by atoms with van der Waals surface area (Å²) in [6.07, 6.45) is 3.66. The number of rotatable bonds is 6. The number of fused-ring (bicyclic) bond motifs is 1. The second-order valence-electron chi connectivity index (χ2n) is 8.91. The Morgan fingerprint density at radius 1 is 0.941 bits per heavy atom. The van der Waals surface area contributed by atoms with Crippen molar-refractivity contribution in [1.82, 2.24) is 24.3 Å². The van der Waals surface area contributed by atoms with Crippen molar-refractivity contribution in [2.45, 2.75) is 24.4 Å². The third kappa shape index (κ3) is 5.00. The van der Waals surface area contributed by atoms with Crippen LogP contribution in [0.15, 0.2) is 72.1 Å². The second kappa shape index (κ2) is 9.99. The summed E-state index contributed by atoms with van der Waals surface area (Å²) in [5.41, 5.74) is 6.39. The van der Waals surface area contributed by atoms with Crippen molar-refractivity contribution in [3.63, 3.8) is 0 Å². The van der Waals surface area contributed by atoms with Crippen LogP contribution in [-0.4, -0.2) is 63.5 Å². The van der Waals surface area contributed by atoms with Gasteiger partial charge in [0.1, 0.15) is 0 Å². The van der Waals surface area contributed by atoms with Crippen molar-refractivity contribution in [2.75, 3.05) is 33.2 Å². The molecule has 0 atom stereocenters. The highest BCUT2D eigenvalue weighted by Crippen LogP contribution is 2.27. The van der Waals surface area contributed by atoms with Gasteiger partial charge in [-0.15, -0.1) is 0 Å². The minimum Gasteiger partial charge on any atom is -0.336 e. The molecule has 2 aromatic heterocycles. The molecule has 0 saturated carbocycles. The molecule has 1 aliphatic rings. The maximum absolute atomic E-state index is 12.9. The van der Waals surface area contributed by atoms with E-state index >= 15 is 0 Å². The number of nitrogens with zero attached hydrogens (tertiary/aromatic N) is 5. The summed E-state index contributed by atoms with van der Waals surface area (Å²) in [7, 11) is 2.10. The topological polar surface area (TPSA) is 54.3 Å². The molecule has 0 unspecified atom stereocenters. The normalized spacial score (nSPS) is 14.6. The third-order valence-corrected chi connectivity index (χ3v) is 7.38. The Morgan fingerprint density at radius 3 is 2.38 bits per heavy atom. The van der Waals surface area contributed by atoms with Crippen LogP contribution in [0.2, 0.25) is 0 Å². The average Bonchev–Trinajstić information content (AvgIpc) is 3.21. The highest BCUT2D eigenvalue weighted by molar-refractivity contribution is 7.98. The van der Waals surface area contributed by atoms with E-state index in [1.807, 2.05) is 29.3 Å². The number of carbonyl (C=O) groups excluding carboxylic acids is 1. The van der Waals surface area contributed by atoms with Gasteiger partial charge in [0.25, 0.3) is 5.91 Å². The highest BCUT2D eigenvalue weighted by Gasteiger charge is 2.20. The number of hydrogen-bond acceptors (Lipinski definition) is 5. The molecular formula is C27H29N5OS. The Labute approximate surface area is 204 Å². The van der Waals surface area contributed by atoms with Gasteiger partial charge in [0.05, 0.1) is 23.8 Å². The van der Waals surface area contributed by atoms with Gasteiger partial charge in [-0.05, 0) is 43.3 Å². The number of benzene rings is 2. The lowest BCUT2D eigenvalue weighted by atomic mass is 10.1. The molecule has 5 rings (SSSR count). The lowest BCUT2D eigenvalue weighted by Gasteiger charge is -2.32. The molecule has 1 saturated heterocycles. The van der Waals surface area contributed by atoms with E-state index in [-0.39, 0.29) is 5.91 Å². The van der Waals surface area contributed by atoms with Crippen LogP contribution < -0.4 is 0 Å². The molecule has 4 aromatic rings. The maximum atomic E-state index is 12.9. The van der Waals surface area contributed by atoms with E-state index < -0.39 is 0 Å². The molecule has 7 heteroatoms. The number of carbonyl (C=O) groups is 1. The molecule has 0 radical (unpaired) electrons. The predicted molar refractivity (Wildman–Crippen MR) is 137 cm³/mol. The van der Waals surface area contributed by atoms with Crippen LogP contribution in [0.5, 0.6) is 0 Å². The molecule has 6 nitrogen and oxygen atoms in total. The second-order valence-corrected chi connectivity index (χ2v) is 9.85. The fourth-order valence-corrected chi connectivity index (χ4v) is 5.14. The lowest BCUT2D eigenvalue weighted by Crippen LogP contribution is -2.47. The first-order valence-corrected chi connectivity index (χ1v) is 12.6. The third-order valence-electron chi connectivity index (χ3n) is 6.34. The summed E-state index contributed by atoms with van der Waals surface area (Å²) in [4.78, 5) is 26.3. The Morgan fingerprint density at radius 2 is 1.65 bits per heavy atom. The van der Waals surface area contributed by atoms with E-state index in [4.69, 9.17) is 4.98 Å². The molecule has 0 bridgehead atoms. The Kier molecular flexibility index (Phi) is 6.65. The summed E-state index contributed by atoms with van der Waals surface area (Å²) in [5, 5.41) is 0.973. The minimum atomic E-state index is 0.117. The average molecular weight is 472 g/mol. The van der Waals surface area contributed by atoms with Gasteiger partial charge in [-0.25, -0.2) is 4.98 Å². The predicted octanol–water partition coefficient (Wildman–Crippen LogP) is 4.47. The van der Waals surface area contributed by atoms with Crippen LogP contribution in [0, 0.1) is 6.92 Å². The van der Waals surface area contributed by atoms with Crippen LogP contribution in [0.4, 0.5) is 0 Å². The minimum absolute atomic E-state index is 0.117. The first-order valence-electron chi connectivity index (χ1n) is 11.6. The summed E-state index contributed by atoms with van der Waals surface area (Å²) in [6, 6.07) is 18.6. The number of imidazole rings is 1. The summed E-state index contributed by atoms with van der Waals surface area (Å²) in [6.45, 7) is 6.21. The molecule has 0 aliphatic carbocycles. The largest absolute Gasteiger partial charge is 0.336 e. The zero-order valence-electron chi connectivity index (χ0n) is 19.6. The molecule has 1 fully saturated rings. The Bertz CT molecular complexity index is 1270. The van der Waals surface area contributed by atoms with E-state index in [0.29, 0.717) is 6.54 Å². The number of thioether (sulfide) groups is 1. The van der Waals surface area contributed by atoms with Gasteiger partial charge in [0.2, 0.25) is 0 Å². The summed E-state index contributed by atoms with van der Waals surface area (Å²) >= 11 is 1.74. The van der Waals surface area contributed by atoms with Gasteiger partial charge in [0, 0.05) is 43.7 Å². The van der Waals surface area contributed by atoms with Gasteiger partial charge < -0.3 is 14.4 Å². The molecule has 0 spiro atoms. The van der Waals surface area contributed by atoms with Crippen molar-refractivity contribution in [3.8, 4) is 0 Å². The zero-order valence-corrected chi connectivity index (χ0v) is 20.5. The molecule has 3 heterocycles. The van der Waals surface area contributed by atoms with Gasteiger partial charge in [0.15, 0.2) is 5.16 Å². The number of piperazine rings is 1. The molecule has 1 amide bonds. The van der Waals surface area contributed by atoms with E-state index in [1.165, 1.54) is 11.1 Å². The van der Waals surface area contributed by atoms with Crippen molar-refractivity contribution in [2.24, 2.45) is 0 Å². The standard InChI is InChI=1S/C27H29N5OS/c1-20-3-5-22(6-4-20)19-34-27-29-24-11-12-28-17-25(24)32(27)18-21-7-9-23(10-8-21)26(33)31-15-13-30(2)14-16-31/h3-12,17H,13-16,18-19H2,1-2H3. The number of aryl methyl sites for hydroxylation is 1. The summed E-state index contributed by atoms with van der Waals surface area (Å²) < 4.78 is 2.22. The molecule has 174 valence electrons. The number of likely N-dealkylation sites (N-methyl/N-ethyl adjacent to an activating group) is 1. The smallest absolute Gasteiger partial charge is 0.253 e. The van der Waals surface area contributed by atoms with Crippen LogP contribution in [-0.2, 0) is 12.3 Å². The van der Waals surface area contributed by atoms with Gasteiger partial charge in [-0.1, -0.05) is 53.7 Å². The van der Waals surface area contributed by atoms with E-state index in [9.17, 15) is 4.79 Å². The van der Waals surface area contributed by atoms with Crippen LogP contribution in [0.25, 0.3) is 11.0 Å². The monoisotopic (exact) mass is 471 g/mol. The molecule has 34 heavy (non-hydrogen) atoms. The summed E-state index contributed by atoms with van der Waals surface area (Å²) in [5.74, 6) is 0.974. The highest BCUT2D eigenvalue weighted by atomic mass is 32.2. The fourth-order valence-electron chi connectivity index (χ4n) is 4.17. The maximum Gasteiger partial charge on any atom is 0.253 e. The van der Waals surface area contributed by atoms with Crippen molar-refractivity contribution < 1.29 is 4.79 Å². The van der Waals surface area contributed by atoms with E-state index in [2.05, 4.69) is 64.8 Å². The quantitative estimate of drug-likeness (QED) is 0.389. The number of hydrogen-bond donors (Lipinski definition) is 0. The van der Waals surface area contributed by atoms with Gasteiger partial charge in [-0.2, -0.15) is 0 Å². The first kappa shape index (κ1) is 22.6. The van der Waals surface area contributed by atoms with Gasteiger partial charge >= 0.3 is 0 Å². The number of aromatic nitrogens is 3. The number of amides is 1. The Hall–Kier alpha value is -3.16. The SMILES string of the molecule is Cc1ccc(CSc2nc3ccncc3n2Cc2ccc(C(=O)N3CCN(C)CC3)cc2)cc1. The first-order chi connectivity index (χ1) is 16.6. The van der Waals surface area contributed by atoms with E-state index in [0.717, 1.165) is 59.2 Å². The molecule has 1 aliphatic heterocycles. The lowest BCUT2D eigenvalue weighted by molar-refractivity contribution is 0.0664. The van der Waals surface area contributed by atoms with Crippen molar-refractivity contribution >= 4 is 28.7 Å². The Balaban J connectivity index is 1.34.